The molecule has 0 fully saturated rings. The quantitative estimate of drug-likeness (QED) is 0.789. The molecule has 0 bridgehead atoms. The zero-order valence-corrected chi connectivity index (χ0v) is 9.79. The molecule has 0 atom stereocenters. The average Bonchev–Trinajstić information content (AvgIpc) is 2.36. The van der Waals surface area contributed by atoms with Crippen molar-refractivity contribution in [2.75, 3.05) is 26.8 Å². The third-order valence-electron chi connectivity index (χ3n) is 2.43. The second-order valence-corrected chi connectivity index (χ2v) is 3.79. The van der Waals surface area contributed by atoms with Crippen LogP contribution < -0.4 is 20.1 Å². The lowest BCUT2D eigenvalue weighted by Crippen LogP contribution is -2.31. The SMILES string of the molecule is CNCC(=O)NCc1ccc2c(c1)OCCO2. The standard InChI is InChI=1S/C12H16N2O3/c1-13-8-12(15)14-7-9-2-3-10-11(6-9)17-5-4-16-10/h2-3,6,13H,4-5,7-8H2,1H3,(H,14,15). The molecule has 5 nitrogen and oxygen atoms in total. The molecule has 1 aromatic rings. The molecule has 1 aliphatic rings. The Morgan fingerprint density at radius 1 is 1.29 bits per heavy atom. The molecule has 1 aliphatic heterocycles. The maximum Gasteiger partial charge on any atom is 0.234 e. The number of likely N-dealkylation sites (N-methyl/N-ethyl adjacent to an activating group) is 1. The van der Waals surface area contributed by atoms with Crippen molar-refractivity contribution in [3.05, 3.63) is 23.8 Å². The molecule has 1 aromatic carbocycles. The fraction of sp³-hybridized carbons (Fsp3) is 0.417. The fourth-order valence-electron chi connectivity index (χ4n) is 1.62. The number of carbonyl (C=O) groups is 1. The van der Waals surface area contributed by atoms with Gasteiger partial charge in [0.05, 0.1) is 6.54 Å². The molecule has 0 unspecified atom stereocenters. The number of benzene rings is 1. The number of rotatable bonds is 4. The van der Waals surface area contributed by atoms with E-state index in [1.807, 2.05) is 18.2 Å². The minimum atomic E-state index is -0.0256. The van der Waals surface area contributed by atoms with E-state index in [-0.39, 0.29) is 5.91 Å². The maximum atomic E-state index is 11.3. The van der Waals surface area contributed by atoms with Gasteiger partial charge >= 0.3 is 0 Å². The molecule has 1 heterocycles. The average molecular weight is 236 g/mol. The van der Waals surface area contributed by atoms with Crippen LogP contribution in [0.25, 0.3) is 0 Å². The van der Waals surface area contributed by atoms with Crippen LogP contribution in [0.4, 0.5) is 0 Å². The third kappa shape index (κ3) is 3.10. The Labute approximate surface area is 100 Å². The lowest BCUT2D eigenvalue weighted by Gasteiger charge is -2.18. The Kier molecular flexibility index (Phi) is 3.82. The van der Waals surface area contributed by atoms with Gasteiger partial charge in [0.1, 0.15) is 13.2 Å². The van der Waals surface area contributed by atoms with Crippen LogP contribution in [-0.2, 0) is 11.3 Å². The van der Waals surface area contributed by atoms with Crippen molar-refractivity contribution < 1.29 is 14.3 Å². The zero-order chi connectivity index (χ0) is 12.1. The smallest absolute Gasteiger partial charge is 0.234 e. The van der Waals surface area contributed by atoms with Crippen molar-refractivity contribution >= 4 is 5.91 Å². The summed E-state index contributed by atoms with van der Waals surface area (Å²) in [5, 5.41) is 5.61. The summed E-state index contributed by atoms with van der Waals surface area (Å²) in [6.07, 6.45) is 0. The topological polar surface area (TPSA) is 59.6 Å². The van der Waals surface area contributed by atoms with Crippen LogP contribution in [0.3, 0.4) is 0 Å². The summed E-state index contributed by atoms with van der Waals surface area (Å²) in [7, 11) is 1.74. The first-order valence-corrected chi connectivity index (χ1v) is 5.59. The van der Waals surface area contributed by atoms with Crippen LogP contribution in [0.2, 0.25) is 0 Å². The lowest BCUT2D eigenvalue weighted by atomic mass is 10.2. The van der Waals surface area contributed by atoms with Crippen molar-refractivity contribution in [1.29, 1.82) is 0 Å². The molecule has 17 heavy (non-hydrogen) atoms. The van der Waals surface area contributed by atoms with E-state index in [2.05, 4.69) is 10.6 Å². The van der Waals surface area contributed by atoms with Crippen molar-refractivity contribution in [3.63, 3.8) is 0 Å². The number of fused-ring (bicyclic) bond motifs is 1. The van der Waals surface area contributed by atoms with E-state index in [0.29, 0.717) is 26.3 Å². The number of hydrogen-bond acceptors (Lipinski definition) is 4. The molecule has 0 spiro atoms. The van der Waals surface area contributed by atoms with Gasteiger partial charge < -0.3 is 20.1 Å². The third-order valence-corrected chi connectivity index (χ3v) is 2.43. The monoisotopic (exact) mass is 236 g/mol. The predicted molar refractivity (Wildman–Crippen MR) is 63.2 cm³/mol. The number of carbonyl (C=O) groups excluding carboxylic acids is 1. The molecule has 0 aromatic heterocycles. The van der Waals surface area contributed by atoms with Crippen LogP contribution >= 0.6 is 0 Å². The van der Waals surface area contributed by atoms with E-state index in [4.69, 9.17) is 9.47 Å². The number of ether oxygens (including phenoxy) is 2. The number of nitrogens with one attached hydrogen (secondary N) is 2. The molecule has 2 N–H and O–H groups in total. The van der Waals surface area contributed by atoms with E-state index in [1.54, 1.807) is 7.05 Å². The van der Waals surface area contributed by atoms with Crippen molar-refractivity contribution in [3.8, 4) is 11.5 Å². The molecule has 2 rings (SSSR count). The summed E-state index contributed by atoms with van der Waals surface area (Å²) in [6, 6.07) is 5.69. The predicted octanol–water partition coefficient (Wildman–Crippen LogP) is 0.293. The number of hydrogen-bond donors (Lipinski definition) is 2. The van der Waals surface area contributed by atoms with Crippen molar-refractivity contribution in [1.82, 2.24) is 10.6 Å². The first kappa shape index (κ1) is 11.7. The highest BCUT2D eigenvalue weighted by Crippen LogP contribution is 2.30. The van der Waals surface area contributed by atoms with Crippen LogP contribution in [0, 0.1) is 0 Å². The highest BCUT2D eigenvalue weighted by molar-refractivity contribution is 5.77. The van der Waals surface area contributed by atoms with Crippen LogP contribution in [0.1, 0.15) is 5.56 Å². The largest absolute Gasteiger partial charge is 0.486 e. The van der Waals surface area contributed by atoms with Gasteiger partial charge in [-0.2, -0.15) is 0 Å². The van der Waals surface area contributed by atoms with Gasteiger partial charge in [0.2, 0.25) is 5.91 Å². The van der Waals surface area contributed by atoms with Gasteiger partial charge in [-0.25, -0.2) is 0 Å². The Morgan fingerprint density at radius 2 is 2.06 bits per heavy atom. The Bertz CT molecular complexity index is 407. The lowest BCUT2D eigenvalue weighted by molar-refractivity contribution is -0.120. The van der Waals surface area contributed by atoms with Gasteiger partial charge in [-0.05, 0) is 24.7 Å². The van der Waals surface area contributed by atoms with Gasteiger partial charge in [0.15, 0.2) is 11.5 Å². The second-order valence-electron chi connectivity index (χ2n) is 3.79. The fourth-order valence-corrected chi connectivity index (χ4v) is 1.62. The number of amides is 1. The second kappa shape index (κ2) is 5.54. The summed E-state index contributed by atoms with van der Waals surface area (Å²) in [6.45, 7) is 1.98. The molecule has 0 aliphatic carbocycles. The zero-order valence-electron chi connectivity index (χ0n) is 9.79. The minimum Gasteiger partial charge on any atom is -0.486 e. The van der Waals surface area contributed by atoms with Gasteiger partial charge in [0.25, 0.3) is 0 Å². The van der Waals surface area contributed by atoms with Crippen LogP contribution in [0.15, 0.2) is 18.2 Å². The normalized spacial score (nSPS) is 13.2. The van der Waals surface area contributed by atoms with E-state index in [9.17, 15) is 4.79 Å². The van der Waals surface area contributed by atoms with Crippen LogP contribution in [0.5, 0.6) is 11.5 Å². The summed E-state index contributed by atoms with van der Waals surface area (Å²) < 4.78 is 10.9. The van der Waals surface area contributed by atoms with Gasteiger partial charge in [-0.1, -0.05) is 6.07 Å². The van der Waals surface area contributed by atoms with Crippen molar-refractivity contribution in [2.45, 2.75) is 6.54 Å². The Morgan fingerprint density at radius 3 is 2.82 bits per heavy atom. The molecule has 5 heteroatoms. The molecule has 1 amide bonds. The Balaban J connectivity index is 1.95. The van der Waals surface area contributed by atoms with Crippen molar-refractivity contribution in [2.24, 2.45) is 0 Å². The van der Waals surface area contributed by atoms with Gasteiger partial charge in [0, 0.05) is 6.54 Å². The summed E-state index contributed by atoms with van der Waals surface area (Å²) in [5.41, 5.74) is 0.999. The minimum absolute atomic E-state index is 0.0256. The first-order valence-electron chi connectivity index (χ1n) is 5.59. The van der Waals surface area contributed by atoms with E-state index >= 15 is 0 Å². The summed E-state index contributed by atoms with van der Waals surface area (Å²) in [5.74, 6) is 1.49. The molecular formula is C12H16N2O3. The van der Waals surface area contributed by atoms with E-state index in [1.165, 1.54) is 0 Å². The van der Waals surface area contributed by atoms with E-state index in [0.717, 1.165) is 17.1 Å². The summed E-state index contributed by atoms with van der Waals surface area (Å²) >= 11 is 0. The van der Waals surface area contributed by atoms with Crippen LogP contribution in [-0.4, -0.2) is 32.7 Å². The highest BCUT2D eigenvalue weighted by atomic mass is 16.6. The molecule has 92 valence electrons. The molecular weight excluding hydrogens is 220 g/mol. The maximum absolute atomic E-state index is 11.3. The molecule has 0 saturated heterocycles. The van der Waals surface area contributed by atoms with Gasteiger partial charge in [-0.3, -0.25) is 4.79 Å². The van der Waals surface area contributed by atoms with E-state index < -0.39 is 0 Å². The molecule has 0 saturated carbocycles. The molecule has 0 radical (unpaired) electrons. The highest BCUT2D eigenvalue weighted by Gasteiger charge is 2.11. The van der Waals surface area contributed by atoms with Gasteiger partial charge in [-0.15, -0.1) is 0 Å². The Hall–Kier alpha value is -1.75. The first-order chi connectivity index (χ1) is 8.29. The summed E-state index contributed by atoms with van der Waals surface area (Å²) in [4.78, 5) is 11.3.